The van der Waals surface area contributed by atoms with Crippen molar-refractivity contribution in [3.05, 3.63) is 35.4 Å². The predicted molar refractivity (Wildman–Crippen MR) is 87.8 cm³/mol. The van der Waals surface area contributed by atoms with Gasteiger partial charge in [0.1, 0.15) is 0 Å². The molecule has 0 saturated carbocycles. The number of aliphatic imine (C=N–C) groups is 1. The number of hydrogen-bond acceptors (Lipinski definition) is 2. The average molecular weight is 290 g/mol. The lowest BCUT2D eigenvalue weighted by atomic mass is 10.1. The van der Waals surface area contributed by atoms with Gasteiger partial charge in [-0.3, -0.25) is 9.79 Å². The fraction of sp³-hybridized carbons (Fsp3) is 0.500. The van der Waals surface area contributed by atoms with Gasteiger partial charge in [0.05, 0.1) is 0 Å². The SMILES string of the molecule is CCNC(=NCCc1cccc(C(=O)NC)c1)NC(C)C. The minimum Gasteiger partial charge on any atom is -0.357 e. The maximum Gasteiger partial charge on any atom is 0.251 e. The summed E-state index contributed by atoms with van der Waals surface area (Å²) in [7, 11) is 1.64. The molecule has 1 rings (SSSR count). The van der Waals surface area contributed by atoms with E-state index in [1.807, 2.05) is 31.2 Å². The standard InChI is InChI=1S/C16H26N4O/c1-5-18-16(20-12(2)3)19-10-9-13-7-6-8-14(11-13)15(21)17-4/h6-8,11-12H,5,9-10H2,1-4H3,(H,17,21)(H2,18,19,20). The minimum atomic E-state index is -0.0600. The zero-order valence-corrected chi connectivity index (χ0v) is 13.4. The lowest BCUT2D eigenvalue weighted by molar-refractivity contribution is 0.0963. The molecule has 0 radical (unpaired) electrons. The van der Waals surface area contributed by atoms with Gasteiger partial charge in [-0.15, -0.1) is 0 Å². The Balaban J connectivity index is 2.63. The summed E-state index contributed by atoms with van der Waals surface area (Å²) in [6.45, 7) is 7.73. The number of hydrogen-bond donors (Lipinski definition) is 3. The summed E-state index contributed by atoms with van der Waals surface area (Å²) < 4.78 is 0. The smallest absolute Gasteiger partial charge is 0.251 e. The van der Waals surface area contributed by atoms with E-state index in [4.69, 9.17) is 0 Å². The van der Waals surface area contributed by atoms with E-state index < -0.39 is 0 Å². The summed E-state index contributed by atoms with van der Waals surface area (Å²) >= 11 is 0. The minimum absolute atomic E-state index is 0.0600. The second-order valence-corrected chi connectivity index (χ2v) is 5.09. The van der Waals surface area contributed by atoms with Crippen LogP contribution in [0.5, 0.6) is 0 Å². The zero-order chi connectivity index (χ0) is 15.7. The van der Waals surface area contributed by atoms with Crippen LogP contribution in [-0.4, -0.2) is 38.0 Å². The molecule has 1 amide bonds. The average Bonchev–Trinajstić information content (AvgIpc) is 2.46. The molecule has 5 nitrogen and oxygen atoms in total. The molecule has 0 aliphatic carbocycles. The molecule has 0 unspecified atom stereocenters. The first-order chi connectivity index (χ1) is 10.1. The zero-order valence-electron chi connectivity index (χ0n) is 13.4. The van der Waals surface area contributed by atoms with E-state index in [0.29, 0.717) is 18.2 Å². The van der Waals surface area contributed by atoms with E-state index in [2.05, 4.69) is 34.8 Å². The summed E-state index contributed by atoms with van der Waals surface area (Å²) in [6.07, 6.45) is 0.805. The largest absolute Gasteiger partial charge is 0.357 e. The van der Waals surface area contributed by atoms with E-state index in [9.17, 15) is 4.79 Å². The molecular weight excluding hydrogens is 264 g/mol. The van der Waals surface area contributed by atoms with E-state index in [1.54, 1.807) is 7.05 Å². The number of carbonyl (C=O) groups excluding carboxylic acids is 1. The molecule has 0 aromatic heterocycles. The van der Waals surface area contributed by atoms with Crippen molar-refractivity contribution < 1.29 is 4.79 Å². The number of carbonyl (C=O) groups is 1. The molecule has 21 heavy (non-hydrogen) atoms. The highest BCUT2D eigenvalue weighted by Gasteiger charge is 2.04. The van der Waals surface area contributed by atoms with Crippen LogP contribution in [0.2, 0.25) is 0 Å². The van der Waals surface area contributed by atoms with Crippen LogP contribution < -0.4 is 16.0 Å². The number of guanidine groups is 1. The fourth-order valence-corrected chi connectivity index (χ4v) is 1.90. The van der Waals surface area contributed by atoms with Crippen molar-refractivity contribution in [1.82, 2.24) is 16.0 Å². The molecule has 0 saturated heterocycles. The van der Waals surface area contributed by atoms with Crippen molar-refractivity contribution in [3.8, 4) is 0 Å². The molecule has 1 aromatic rings. The molecule has 0 fully saturated rings. The summed E-state index contributed by atoms with van der Waals surface area (Å²) in [5, 5.41) is 9.13. The van der Waals surface area contributed by atoms with Crippen molar-refractivity contribution in [2.45, 2.75) is 33.2 Å². The van der Waals surface area contributed by atoms with Gasteiger partial charge in [-0.25, -0.2) is 0 Å². The van der Waals surface area contributed by atoms with Crippen LogP contribution in [0.3, 0.4) is 0 Å². The van der Waals surface area contributed by atoms with Crippen molar-refractivity contribution >= 4 is 11.9 Å². The van der Waals surface area contributed by atoms with Gasteiger partial charge in [0, 0.05) is 31.7 Å². The Labute approximate surface area is 127 Å². The third-order valence-electron chi connectivity index (χ3n) is 2.86. The number of nitrogens with zero attached hydrogens (tertiary/aromatic N) is 1. The van der Waals surface area contributed by atoms with E-state index in [-0.39, 0.29) is 5.91 Å². The molecule has 116 valence electrons. The van der Waals surface area contributed by atoms with Gasteiger partial charge >= 0.3 is 0 Å². The molecule has 1 aromatic carbocycles. The van der Waals surface area contributed by atoms with Crippen LogP contribution in [0.15, 0.2) is 29.3 Å². The molecule has 3 N–H and O–H groups in total. The first-order valence-corrected chi connectivity index (χ1v) is 7.42. The molecular formula is C16H26N4O. The normalized spacial score (nSPS) is 11.4. The monoisotopic (exact) mass is 290 g/mol. The number of nitrogens with one attached hydrogen (secondary N) is 3. The van der Waals surface area contributed by atoms with Crippen molar-refractivity contribution in [3.63, 3.8) is 0 Å². The highest BCUT2D eigenvalue weighted by molar-refractivity contribution is 5.94. The van der Waals surface area contributed by atoms with Crippen LogP contribution in [0, 0.1) is 0 Å². The van der Waals surface area contributed by atoms with Crippen LogP contribution in [0.25, 0.3) is 0 Å². The van der Waals surface area contributed by atoms with Crippen LogP contribution in [0.1, 0.15) is 36.7 Å². The predicted octanol–water partition coefficient (Wildman–Crippen LogP) is 1.55. The topological polar surface area (TPSA) is 65.5 Å². The highest BCUT2D eigenvalue weighted by atomic mass is 16.1. The second kappa shape index (κ2) is 9.00. The Kier molecular flexibility index (Phi) is 7.29. The first kappa shape index (κ1) is 17.0. The van der Waals surface area contributed by atoms with Gasteiger partial charge in [0.2, 0.25) is 0 Å². The molecule has 0 aliphatic heterocycles. The third kappa shape index (κ3) is 6.29. The van der Waals surface area contributed by atoms with Gasteiger partial charge in [0.15, 0.2) is 5.96 Å². The van der Waals surface area contributed by atoms with E-state index >= 15 is 0 Å². The Morgan fingerprint density at radius 2 is 2.10 bits per heavy atom. The Morgan fingerprint density at radius 1 is 1.33 bits per heavy atom. The highest BCUT2D eigenvalue weighted by Crippen LogP contribution is 2.06. The fourth-order valence-electron chi connectivity index (χ4n) is 1.90. The summed E-state index contributed by atoms with van der Waals surface area (Å²) in [5.74, 6) is 0.769. The molecule has 0 atom stereocenters. The van der Waals surface area contributed by atoms with Gasteiger partial charge in [-0.2, -0.15) is 0 Å². The second-order valence-electron chi connectivity index (χ2n) is 5.09. The van der Waals surface area contributed by atoms with Gasteiger partial charge in [0.25, 0.3) is 5.91 Å². The maximum atomic E-state index is 11.6. The summed E-state index contributed by atoms with van der Waals surface area (Å²) in [4.78, 5) is 16.1. The Morgan fingerprint density at radius 3 is 2.71 bits per heavy atom. The Bertz CT molecular complexity index is 483. The van der Waals surface area contributed by atoms with Gasteiger partial charge < -0.3 is 16.0 Å². The van der Waals surface area contributed by atoms with Crippen LogP contribution in [-0.2, 0) is 6.42 Å². The quantitative estimate of drug-likeness (QED) is 0.550. The lowest BCUT2D eigenvalue weighted by Gasteiger charge is -2.13. The van der Waals surface area contributed by atoms with Gasteiger partial charge in [-0.05, 0) is 44.9 Å². The number of benzene rings is 1. The number of rotatable bonds is 6. The van der Waals surface area contributed by atoms with Crippen LogP contribution in [0.4, 0.5) is 0 Å². The third-order valence-corrected chi connectivity index (χ3v) is 2.86. The summed E-state index contributed by atoms with van der Waals surface area (Å²) in [6, 6.07) is 8.00. The van der Waals surface area contributed by atoms with E-state index in [1.165, 1.54) is 0 Å². The van der Waals surface area contributed by atoms with Crippen molar-refractivity contribution in [2.24, 2.45) is 4.99 Å². The molecule has 0 heterocycles. The maximum absolute atomic E-state index is 11.6. The summed E-state index contributed by atoms with van der Waals surface area (Å²) in [5.41, 5.74) is 1.80. The molecule has 0 spiro atoms. The van der Waals surface area contributed by atoms with Crippen molar-refractivity contribution in [2.75, 3.05) is 20.1 Å². The van der Waals surface area contributed by atoms with Crippen LogP contribution >= 0.6 is 0 Å². The first-order valence-electron chi connectivity index (χ1n) is 7.42. The Hall–Kier alpha value is -2.04. The lowest BCUT2D eigenvalue weighted by Crippen LogP contribution is -2.41. The molecule has 0 aliphatic rings. The van der Waals surface area contributed by atoms with Gasteiger partial charge in [-0.1, -0.05) is 12.1 Å². The number of amides is 1. The molecule has 5 heteroatoms. The van der Waals surface area contributed by atoms with E-state index in [0.717, 1.165) is 24.5 Å². The molecule has 0 bridgehead atoms. The van der Waals surface area contributed by atoms with Crippen molar-refractivity contribution in [1.29, 1.82) is 0 Å².